The Balaban J connectivity index is 2.23. The summed E-state index contributed by atoms with van der Waals surface area (Å²) >= 11 is 2.21. The van der Waals surface area contributed by atoms with Gasteiger partial charge in [0.1, 0.15) is 5.75 Å². The van der Waals surface area contributed by atoms with Crippen molar-refractivity contribution in [2.75, 3.05) is 26.9 Å². The quantitative estimate of drug-likeness (QED) is 0.632. The highest BCUT2D eigenvalue weighted by atomic mass is 127. The summed E-state index contributed by atoms with van der Waals surface area (Å²) in [5.74, 6) is 0.554. The van der Waals surface area contributed by atoms with Crippen LogP contribution < -0.4 is 10.1 Å². The third-order valence-corrected chi connectivity index (χ3v) is 2.53. The predicted molar refractivity (Wildman–Crippen MR) is 69.5 cm³/mol. The maximum absolute atomic E-state index is 11.3. The molecule has 0 saturated carbocycles. The molecule has 0 unspecified atom stereocenters. The van der Waals surface area contributed by atoms with Crippen molar-refractivity contribution in [2.24, 2.45) is 0 Å². The number of nitrogens with one attached hydrogen (secondary N) is 1. The SMILES string of the molecule is COCCNC(=O)COc1ccc(I)cc1. The number of hydrogen-bond acceptors (Lipinski definition) is 3. The Morgan fingerprint density at radius 2 is 2.06 bits per heavy atom. The van der Waals surface area contributed by atoms with Crippen LogP contribution in [0.1, 0.15) is 0 Å². The van der Waals surface area contributed by atoms with Crippen LogP contribution in [0.5, 0.6) is 5.75 Å². The van der Waals surface area contributed by atoms with Gasteiger partial charge in [-0.15, -0.1) is 0 Å². The van der Waals surface area contributed by atoms with Crippen molar-refractivity contribution in [2.45, 2.75) is 0 Å². The highest BCUT2D eigenvalue weighted by molar-refractivity contribution is 14.1. The fourth-order valence-corrected chi connectivity index (χ4v) is 1.38. The van der Waals surface area contributed by atoms with Gasteiger partial charge in [-0.3, -0.25) is 4.79 Å². The van der Waals surface area contributed by atoms with E-state index >= 15 is 0 Å². The molecule has 88 valence electrons. The standard InChI is InChI=1S/C11H14INO3/c1-15-7-6-13-11(14)8-16-10-4-2-9(12)3-5-10/h2-5H,6-8H2,1H3,(H,13,14). The molecule has 16 heavy (non-hydrogen) atoms. The highest BCUT2D eigenvalue weighted by Crippen LogP contribution is 2.12. The van der Waals surface area contributed by atoms with E-state index in [4.69, 9.17) is 9.47 Å². The number of benzene rings is 1. The Hall–Kier alpha value is -0.820. The maximum Gasteiger partial charge on any atom is 0.258 e. The van der Waals surface area contributed by atoms with Gasteiger partial charge in [0.05, 0.1) is 6.61 Å². The van der Waals surface area contributed by atoms with Crippen molar-refractivity contribution >= 4 is 28.5 Å². The van der Waals surface area contributed by atoms with E-state index in [1.807, 2.05) is 24.3 Å². The topological polar surface area (TPSA) is 47.6 Å². The zero-order chi connectivity index (χ0) is 11.8. The lowest BCUT2D eigenvalue weighted by molar-refractivity contribution is -0.123. The van der Waals surface area contributed by atoms with E-state index in [-0.39, 0.29) is 12.5 Å². The van der Waals surface area contributed by atoms with Crippen molar-refractivity contribution in [3.63, 3.8) is 0 Å². The number of amides is 1. The second-order valence-corrected chi connectivity index (χ2v) is 4.33. The molecule has 0 radical (unpaired) electrons. The molecule has 0 atom stereocenters. The van der Waals surface area contributed by atoms with Crippen LogP contribution in [0.4, 0.5) is 0 Å². The molecular weight excluding hydrogens is 321 g/mol. The van der Waals surface area contributed by atoms with E-state index in [1.165, 1.54) is 0 Å². The molecule has 1 aromatic rings. The molecule has 0 saturated heterocycles. The van der Waals surface area contributed by atoms with Crippen LogP contribution in [-0.2, 0) is 9.53 Å². The first kappa shape index (κ1) is 13.2. The van der Waals surface area contributed by atoms with E-state index in [1.54, 1.807) is 7.11 Å². The average Bonchev–Trinajstić information content (AvgIpc) is 2.29. The lowest BCUT2D eigenvalue weighted by Gasteiger charge is -2.06. The molecule has 1 N–H and O–H groups in total. The number of carbonyl (C=O) groups is 1. The fraction of sp³-hybridized carbons (Fsp3) is 0.364. The minimum atomic E-state index is -0.143. The zero-order valence-electron chi connectivity index (χ0n) is 9.03. The molecule has 0 fully saturated rings. The second kappa shape index (κ2) is 7.45. The normalized spacial score (nSPS) is 9.88. The molecule has 1 amide bonds. The van der Waals surface area contributed by atoms with Crippen LogP contribution in [0.15, 0.2) is 24.3 Å². The summed E-state index contributed by atoms with van der Waals surface area (Å²) in [7, 11) is 1.59. The summed E-state index contributed by atoms with van der Waals surface area (Å²) in [6, 6.07) is 7.53. The molecule has 0 aliphatic rings. The highest BCUT2D eigenvalue weighted by Gasteiger charge is 2.01. The summed E-state index contributed by atoms with van der Waals surface area (Å²) in [5, 5.41) is 2.67. The van der Waals surface area contributed by atoms with Gasteiger partial charge in [-0.25, -0.2) is 0 Å². The largest absolute Gasteiger partial charge is 0.484 e. The molecule has 0 aromatic heterocycles. The van der Waals surface area contributed by atoms with Crippen molar-refractivity contribution < 1.29 is 14.3 Å². The van der Waals surface area contributed by atoms with Crippen LogP contribution in [-0.4, -0.2) is 32.8 Å². The van der Waals surface area contributed by atoms with E-state index in [0.29, 0.717) is 18.9 Å². The molecule has 5 heteroatoms. The van der Waals surface area contributed by atoms with Gasteiger partial charge in [0.15, 0.2) is 6.61 Å². The van der Waals surface area contributed by atoms with Gasteiger partial charge < -0.3 is 14.8 Å². The Labute approximate surface area is 108 Å². The Kier molecular flexibility index (Phi) is 6.17. The van der Waals surface area contributed by atoms with Gasteiger partial charge in [0.25, 0.3) is 5.91 Å². The van der Waals surface area contributed by atoms with Gasteiger partial charge in [-0.2, -0.15) is 0 Å². The van der Waals surface area contributed by atoms with Gasteiger partial charge in [-0.05, 0) is 46.9 Å². The lowest BCUT2D eigenvalue weighted by atomic mass is 10.3. The molecule has 1 aromatic carbocycles. The molecule has 0 spiro atoms. The van der Waals surface area contributed by atoms with E-state index < -0.39 is 0 Å². The van der Waals surface area contributed by atoms with Crippen LogP contribution >= 0.6 is 22.6 Å². The number of hydrogen-bond donors (Lipinski definition) is 1. The minimum absolute atomic E-state index is 0.0321. The van der Waals surface area contributed by atoms with Gasteiger partial charge in [0.2, 0.25) is 0 Å². The van der Waals surface area contributed by atoms with E-state index in [2.05, 4.69) is 27.9 Å². The van der Waals surface area contributed by atoms with Crippen LogP contribution in [0.3, 0.4) is 0 Å². The second-order valence-electron chi connectivity index (χ2n) is 3.09. The summed E-state index contributed by atoms with van der Waals surface area (Å²) in [5.41, 5.74) is 0. The summed E-state index contributed by atoms with van der Waals surface area (Å²) in [6.07, 6.45) is 0. The first-order valence-corrected chi connectivity index (χ1v) is 5.94. The maximum atomic E-state index is 11.3. The molecule has 0 aliphatic carbocycles. The van der Waals surface area contributed by atoms with Crippen molar-refractivity contribution in [1.29, 1.82) is 0 Å². The smallest absolute Gasteiger partial charge is 0.258 e. The predicted octanol–water partition coefficient (Wildman–Crippen LogP) is 1.43. The van der Waals surface area contributed by atoms with Gasteiger partial charge in [0, 0.05) is 17.2 Å². The van der Waals surface area contributed by atoms with Gasteiger partial charge in [-0.1, -0.05) is 0 Å². The molecule has 0 bridgehead atoms. The number of methoxy groups -OCH3 is 1. The van der Waals surface area contributed by atoms with Crippen LogP contribution in [0.2, 0.25) is 0 Å². The van der Waals surface area contributed by atoms with E-state index in [9.17, 15) is 4.79 Å². The average molecular weight is 335 g/mol. The molecule has 0 heterocycles. The zero-order valence-corrected chi connectivity index (χ0v) is 11.2. The van der Waals surface area contributed by atoms with Crippen molar-refractivity contribution in [3.05, 3.63) is 27.8 Å². The third kappa shape index (κ3) is 5.32. The van der Waals surface area contributed by atoms with Crippen molar-refractivity contribution in [1.82, 2.24) is 5.32 Å². The Morgan fingerprint density at radius 3 is 2.69 bits per heavy atom. The van der Waals surface area contributed by atoms with Crippen LogP contribution in [0, 0.1) is 3.57 Å². The molecule has 1 rings (SSSR count). The third-order valence-electron chi connectivity index (χ3n) is 1.81. The first-order chi connectivity index (χ1) is 7.72. The van der Waals surface area contributed by atoms with E-state index in [0.717, 1.165) is 3.57 Å². The molecular formula is C11H14INO3. The number of ether oxygens (including phenoxy) is 2. The summed E-state index contributed by atoms with van der Waals surface area (Å²) < 4.78 is 11.2. The fourth-order valence-electron chi connectivity index (χ4n) is 1.02. The molecule has 4 nitrogen and oxygen atoms in total. The Morgan fingerprint density at radius 1 is 1.38 bits per heavy atom. The minimum Gasteiger partial charge on any atom is -0.484 e. The van der Waals surface area contributed by atoms with Crippen molar-refractivity contribution in [3.8, 4) is 5.75 Å². The lowest BCUT2D eigenvalue weighted by Crippen LogP contribution is -2.31. The number of carbonyl (C=O) groups excluding carboxylic acids is 1. The van der Waals surface area contributed by atoms with Crippen LogP contribution in [0.25, 0.3) is 0 Å². The number of halogens is 1. The monoisotopic (exact) mass is 335 g/mol. The Bertz CT molecular complexity index is 327. The number of rotatable bonds is 6. The molecule has 0 aliphatic heterocycles. The first-order valence-electron chi connectivity index (χ1n) is 4.86. The summed E-state index contributed by atoms with van der Waals surface area (Å²) in [4.78, 5) is 11.3. The van der Waals surface area contributed by atoms with Gasteiger partial charge >= 0.3 is 0 Å². The summed E-state index contributed by atoms with van der Waals surface area (Å²) in [6.45, 7) is 1.05.